The van der Waals surface area contributed by atoms with Gasteiger partial charge in [-0.15, -0.1) is 11.3 Å². The average Bonchev–Trinajstić information content (AvgIpc) is 3.18. The number of carbonyl (C=O) groups excluding carboxylic acids is 1. The zero-order valence-electron chi connectivity index (χ0n) is 23.9. The number of aromatic nitrogens is 1. The minimum absolute atomic E-state index is 0.00664. The van der Waals surface area contributed by atoms with Crippen LogP contribution in [0, 0.1) is 6.92 Å². The van der Waals surface area contributed by atoms with Gasteiger partial charge in [-0.2, -0.15) is 0 Å². The summed E-state index contributed by atoms with van der Waals surface area (Å²) in [5.74, 6) is -0.971. The maximum atomic E-state index is 12.5. The molecule has 0 bridgehead atoms. The highest BCUT2D eigenvalue weighted by molar-refractivity contribution is 7.13. The van der Waals surface area contributed by atoms with Gasteiger partial charge in [0, 0.05) is 13.8 Å². The zero-order valence-corrected chi connectivity index (χ0v) is 16.7. The number of aliphatic hydroxyl groups is 1. The van der Waals surface area contributed by atoms with E-state index in [0.29, 0.717) is 24.9 Å². The second-order valence-corrected chi connectivity index (χ2v) is 7.26. The van der Waals surface area contributed by atoms with Crippen LogP contribution in [-0.2, 0) is 17.6 Å². The number of aryl methyl sites for hydroxylation is 1. The van der Waals surface area contributed by atoms with Crippen LogP contribution in [-0.4, -0.2) is 16.0 Å². The maximum Gasteiger partial charge on any atom is 0.230 e. The second-order valence-electron chi connectivity index (χ2n) is 6.43. The summed E-state index contributed by atoms with van der Waals surface area (Å²) < 4.78 is 64.0. The molecule has 0 saturated carbocycles. The Kier molecular flexibility index (Phi) is 4.49. The number of benzene rings is 2. The quantitative estimate of drug-likeness (QED) is 0.442. The third-order valence-electron chi connectivity index (χ3n) is 4.09. The van der Waals surface area contributed by atoms with Crippen LogP contribution in [0.1, 0.15) is 58.7 Å². The number of nitrogen functional groups attached to an aromatic ring is 1. The average molecular weight is 418 g/mol. The first kappa shape index (κ1) is 12.8. The SMILES string of the molecule is [2H]c1sc(N)nc1C([2H])([2H])C(=O)Nc1ccc(CCCC[C@]([2H])(O)c2c([2H])c([2H])c([2H])c(C)c2[2H])cc1. The van der Waals surface area contributed by atoms with E-state index in [4.69, 9.17) is 16.7 Å². The van der Waals surface area contributed by atoms with Gasteiger partial charge >= 0.3 is 0 Å². The molecule has 1 atom stereocenters. The molecule has 1 heterocycles. The van der Waals surface area contributed by atoms with Crippen LogP contribution in [0.25, 0.3) is 0 Å². The summed E-state index contributed by atoms with van der Waals surface area (Å²) >= 11 is 0.786. The Morgan fingerprint density at radius 2 is 2.17 bits per heavy atom. The van der Waals surface area contributed by atoms with E-state index >= 15 is 0 Å². The minimum Gasteiger partial charge on any atom is -0.388 e. The van der Waals surface area contributed by atoms with Gasteiger partial charge in [-0.3, -0.25) is 4.79 Å². The van der Waals surface area contributed by atoms with Crippen LogP contribution in [0.2, 0.25) is 0 Å². The number of thiazole rings is 1. The number of amides is 1. The predicted octanol–water partition coefficient (Wildman–Crippen LogP) is 4.66. The van der Waals surface area contributed by atoms with E-state index in [-0.39, 0.29) is 45.8 Å². The molecular formula is C23H27N3O2S. The highest BCUT2D eigenvalue weighted by atomic mass is 32.1. The molecule has 4 N–H and O–H groups in total. The third-order valence-corrected chi connectivity index (χ3v) is 4.68. The number of carbonyl (C=O) groups is 1. The maximum absolute atomic E-state index is 12.5. The second kappa shape index (κ2) is 10.2. The lowest BCUT2D eigenvalue weighted by molar-refractivity contribution is -0.115. The normalized spacial score (nSPS) is 17.4. The molecule has 0 spiro atoms. The van der Waals surface area contributed by atoms with E-state index < -0.39 is 30.4 Å². The lowest BCUT2D eigenvalue weighted by Crippen LogP contribution is -2.14. The molecule has 0 fully saturated rings. The van der Waals surface area contributed by atoms with Crippen molar-refractivity contribution in [2.75, 3.05) is 11.1 Å². The van der Waals surface area contributed by atoms with Gasteiger partial charge in [0.25, 0.3) is 0 Å². The molecule has 29 heavy (non-hydrogen) atoms. The standard InChI is InChI=1S/C23H27N3O2S/c1-16-5-4-7-18(13-16)21(27)8-3-2-6-17-9-11-19(12-10-17)25-22(28)14-20-15-29-23(24)26-20/h4-5,7,9-13,15,21,27H,2-3,6,8,14H2,1H3,(H2,24,26)(H,25,28)/t21-/m0/s1/i4D,5D,7D,13D,14D2,15D,21D. The minimum atomic E-state index is -2.53. The van der Waals surface area contributed by atoms with Gasteiger partial charge in [-0.1, -0.05) is 48.3 Å². The molecule has 1 aromatic heterocycles. The van der Waals surface area contributed by atoms with Crippen molar-refractivity contribution in [2.45, 2.75) is 45.1 Å². The predicted molar refractivity (Wildman–Crippen MR) is 119 cm³/mol. The number of hydrogen-bond donors (Lipinski definition) is 3. The zero-order chi connectivity index (χ0) is 27.7. The summed E-state index contributed by atoms with van der Waals surface area (Å²) in [6, 6.07) is 5.33. The van der Waals surface area contributed by atoms with Gasteiger partial charge in [-0.05, 0) is 49.4 Å². The van der Waals surface area contributed by atoms with Crippen molar-refractivity contribution in [3.05, 3.63) is 76.2 Å². The van der Waals surface area contributed by atoms with Gasteiger partial charge in [-0.25, -0.2) is 4.98 Å². The number of rotatable bonds is 9. The summed E-state index contributed by atoms with van der Waals surface area (Å²) in [5, 5.41) is 12.9. The van der Waals surface area contributed by atoms with E-state index in [0.717, 1.165) is 16.9 Å². The Labute approximate surface area is 186 Å². The molecule has 0 saturated heterocycles. The van der Waals surface area contributed by atoms with E-state index in [1.165, 1.54) is 6.92 Å². The van der Waals surface area contributed by atoms with Gasteiger partial charge in [0.15, 0.2) is 5.13 Å². The Hall–Kier alpha value is -2.70. The van der Waals surface area contributed by atoms with Gasteiger partial charge in [0.1, 0.15) is 0 Å². The largest absolute Gasteiger partial charge is 0.388 e. The summed E-state index contributed by atoms with van der Waals surface area (Å²) in [5.41, 5.74) is 6.33. The molecule has 0 aliphatic carbocycles. The molecule has 5 nitrogen and oxygen atoms in total. The van der Waals surface area contributed by atoms with Crippen LogP contribution < -0.4 is 11.1 Å². The highest BCUT2D eigenvalue weighted by Gasteiger charge is 2.08. The van der Waals surface area contributed by atoms with Crippen molar-refractivity contribution >= 4 is 28.1 Å². The highest BCUT2D eigenvalue weighted by Crippen LogP contribution is 2.21. The number of unbranched alkanes of at least 4 members (excludes halogenated alkanes) is 1. The fourth-order valence-corrected chi connectivity index (χ4v) is 3.10. The van der Waals surface area contributed by atoms with Crippen molar-refractivity contribution in [1.82, 2.24) is 4.98 Å². The topological polar surface area (TPSA) is 88.2 Å². The summed E-state index contributed by atoms with van der Waals surface area (Å²) in [6.45, 7) is 1.46. The lowest BCUT2D eigenvalue weighted by Gasteiger charge is -2.11. The van der Waals surface area contributed by atoms with Crippen LogP contribution in [0.5, 0.6) is 0 Å². The third kappa shape index (κ3) is 6.69. The van der Waals surface area contributed by atoms with E-state index in [2.05, 4.69) is 10.3 Å². The van der Waals surface area contributed by atoms with Crippen LogP contribution in [0.4, 0.5) is 10.8 Å². The molecule has 0 unspecified atom stereocenters. The van der Waals surface area contributed by atoms with E-state index in [1.807, 2.05) is 0 Å². The van der Waals surface area contributed by atoms with Crippen molar-refractivity contribution in [1.29, 1.82) is 0 Å². The summed E-state index contributed by atoms with van der Waals surface area (Å²) in [7, 11) is 0. The number of nitrogens with zero attached hydrogens (tertiary/aromatic N) is 1. The van der Waals surface area contributed by atoms with Gasteiger partial charge < -0.3 is 16.2 Å². The molecule has 1 amide bonds. The van der Waals surface area contributed by atoms with Crippen molar-refractivity contribution in [2.24, 2.45) is 0 Å². The van der Waals surface area contributed by atoms with Crippen molar-refractivity contribution in [3.8, 4) is 0 Å². The lowest BCUT2D eigenvalue weighted by atomic mass is 10.00. The number of hydrogen-bond acceptors (Lipinski definition) is 5. The fraction of sp³-hybridized carbons (Fsp3) is 0.304. The molecule has 0 aliphatic heterocycles. The number of anilines is 2. The summed E-state index contributed by atoms with van der Waals surface area (Å²) in [6.07, 6.45) is -3.24. The van der Waals surface area contributed by atoms with E-state index in [9.17, 15) is 9.90 Å². The van der Waals surface area contributed by atoms with Gasteiger partial charge in [0.2, 0.25) is 5.91 Å². The summed E-state index contributed by atoms with van der Waals surface area (Å²) in [4.78, 5) is 16.2. The molecule has 152 valence electrons. The smallest absolute Gasteiger partial charge is 0.230 e. The van der Waals surface area contributed by atoms with Gasteiger partial charge in [0.05, 0.1) is 26.4 Å². The van der Waals surface area contributed by atoms with E-state index in [1.54, 1.807) is 24.3 Å². The van der Waals surface area contributed by atoms with Crippen LogP contribution >= 0.6 is 11.3 Å². The van der Waals surface area contributed by atoms with Crippen LogP contribution in [0.3, 0.4) is 0 Å². The van der Waals surface area contributed by atoms with Crippen molar-refractivity contribution in [3.63, 3.8) is 0 Å². The Bertz CT molecular complexity index is 1280. The molecule has 6 heteroatoms. The molecular weight excluding hydrogens is 382 g/mol. The van der Waals surface area contributed by atoms with Crippen LogP contribution in [0.15, 0.2) is 53.8 Å². The first-order chi connectivity index (χ1) is 17.2. The monoisotopic (exact) mass is 417 g/mol. The molecule has 3 aromatic rings. The first-order valence-corrected chi connectivity index (χ1v) is 9.92. The molecule has 3 rings (SSSR count). The fourth-order valence-electron chi connectivity index (χ4n) is 2.66. The Morgan fingerprint density at radius 3 is 2.90 bits per heavy atom. The number of nitrogens with two attached hydrogens (primary N) is 1. The Balaban J connectivity index is 1.57. The van der Waals surface area contributed by atoms with Crippen molar-refractivity contribution < 1.29 is 20.9 Å². The molecule has 0 radical (unpaired) electrons. The first-order valence-electron chi connectivity index (χ1n) is 13.1. The molecule has 2 aromatic carbocycles. The number of nitrogens with one attached hydrogen (secondary N) is 1. The molecule has 0 aliphatic rings. The Morgan fingerprint density at radius 1 is 1.38 bits per heavy atom.